The Labute approximate surface area is 150 Å². The molecule has 3 nitrogen and oxygen atoms in total. The molecule has 2 aliphatic rings. The maximum atomic E-state index is 12.6. The maximum Gasteiger partial charge on any atom is 0.232 e. The monoisotopic (exact) mass is 359 g/mol. The number of amides is 1. The summed E-state index contributed by atoms with van der Waals surface area (Å²) in [6, 6.07) is 11.0. The summed E-state index contributed by atoms with van der Waals surface area (Å²) in [6.45, 7) is 0. The van der Waals surface area contributed by atoms with Gasteiger partial charge in [-0.15, -0.1) is 0 Å². The van der Waals surface area contributed by atoms with Crippen LogP contribution in [0, 0.1) is 0 Å². The van der Waals surface area contributed by atoms with Gasteiger partial charge in [0, 0.05) is 22.6 Å². The van der Waals surface area contributed by atoms with Gasteiger partial charge in [0.1, 0.15) is 0 Å². The van der Waals surface area contributed by atoms with Gasteiger partial charge in [-0.3, -0.25) is 9.59 Å². The molecule has 0 radical (unpaired) electrons. The fraction of sp³-hybridized carbons (Fsp3) is 0.263. The van der Waals surface area contributed by atoms with Gasteiger partial charge in [-0.25, -0.2) is 0 Å². The van der Waals surface area contributed by atoms with Crippen LogP contribution in [0.2, 0.25) is 10.0 Å². The molecule has 24 heavy (non-hydrogen) atoms. The second-order valence-electron chi connectivity index (χ2n) is 6.38. The molecular formula is C19H15Cl2NO2. The minimum atomic E-state index is -0.596. The average molecular weight is 360 g/mol. The number of carbonyl (C=O) groups is 2. The van der Waals surface area contributed by atoms with Crippen LogP contribution >= 0.6 is 23.2 Å². The highest BCUT2D eigenvalue weighted by Crippen LogP contribution is 2.44. The molecule has 1 unspecified atom stereocenters. The number of carbonyl (C=O) groups excluding carboxylic acids is 2. The maximum absolute atomic E-state index is 12.6. The fourth-order valence-electron chi connectivity index (χ4n) is 3.23. The van der Waals surface area contributed by atoms with Crippen LogP contribution in [0.15, 0.2) is 36.4 Å². The minimum absolute atomic E-state index is 0.0682. The van der Waals surface area contributed by atoms with Gasteiger partial charge < -0.3 is 5.32 Å². The number of hydrogen-bond donors (Lipinski definition) is 1. The number of nitrogens with one attached hydrogen (secondary N) is 1. The Kier molecular flexibility index (Phi) is 3.86. The molecule has 1 atom stereocenters. The van der Waals surface area contributed by atoms with Crippen molar-refractivity contribution in [1.29, 1.82) is 0 Å². The van der Waals surface area contributed by atoms with Crippen molar-refractivity contribution in [3.63, 3.8) is 0 Å². The third-order valence-electron chi connectivity index (χ3n) is 4.73. The fourth-order valence-corrected chi connectivity index (χ4v) is 3.73. The average Bonchev–Trinajstić information content (AvgIpc) is 3.37. The summed E-state index contributed by atoms with van der Waals surface area (Å²) < 4.78 is 0. The summed E-state index contributed by atoms with van der Waals surface area (Å²) in [4.78, 5) is 24.9. The third kappa shape index (κ3) is 2.72. The molecule has 2 aromatic rings. The zero-order valence-corrected chi connectivity index (χ0v) is 14.3. The molecule has 0 spiro atoms. The van der Waals surface area contributed by atoms with Crippen LogP contribution < -0.4 is 5.32 Å². The minimum Gasteiger partial charge on any atom is -0.324 e. The van der Waals surface area contributed by atoms with E-state index in [9.17, 15) is 9.59 Å². The Balaban J connectivity index is 1.58. The van der Waals surface area contributed by atoms with Crippen molar-refractivity contribution in [3.8, 4) is 0 Å². The number of halogens is 2. The number of fused-ring (bicyclic) bond motifs is 1. The second-order valence-corrected chi connectivity index (χ2v) is 7.20. The number of benzene rings is 2. The van der Waals surface area contributed by atoms with Gasteiger partial charge in [0.05, 0.1) is 16.6 Å². The normalized spacial score (nSPS) is 19.1. The van der Waals surface area contributed by atoms with Crippen LogP contribution in [0.3, 0.4) is 0 Å². The van der Waals surface area contributed by atoms with E-state index in [0.717, 1.165) is 0 Å². The Hall–Kier alpha value is -1.84. The molecule has 122 valence electrons. The molecule has 1 aliphatic heterocycles. The number of hydrogen-bond acceptors (Lipinski definition) is 2. The lowest BCUT2D eigenvalue weighted by Gasteiger charge is -2.10. The SMILES string of the molecule is O=C(CC1C(=O)Nc2c(Cl)ccc(Cl)c21)c1ccc(C2CC2)cc1. The van der Waals surface area contributed by atoms with Gasteiger partial charge in [-0.2, -0.15) is 0 Å². The highest BCUT2D eigenvalue weighted by Gasteiger charge is 2.35. The first kappa shape index (κ1) is 15.7. The van der Waals surface area contributed by atoms with Crippen LogP contribution in [0.25, 0.3) is 0 Å². The first-order valence-corrected chi connectivity index (χ1v) is 8.72. The topological polar surface area (TPSA) is 46.2 Å². The first-order valence-electron chi connectivity index (χ1n) is 7.96. The number of ketones is 1. The molecular weight excluding hydrogens is 345 g/mol. The summed E-state index contributed by atoms with van der Waals surface area (Å²) >= 11 is 12.4. The van der Waals surface area contributed by atoms with E-state index in [-0.39, 0.29) is 18.1 Å². The summed E-state index contributed by atoms with van der Waals surface area (Å²) in [5, 5.41) is 3.63. The van der Waals surface area contributed by atoms with E-state index >= 15 is 0 Å². The zero-order chi connectivity index (χ0) is 16.8. The highest BCUT2D eigenvalue weighted by molar-refractivity contribution is 6.38. The van der Waals surface area contributed by atoms with Crippen molar-refractivity contribution in [1.82, 2.24) is 0 Å². The van der Waals surface area contributed by atoms with E-state index in [1.165, 1.54) is 18.4 Å². The molecule has 2 aromatic carbocycles. The molecule has 5 heteroatoms. The van der Waals surface area contributed by atoms with E-state index < -0.39 is 5.92 Å². The van der Waals surface area contributed by atoms with E-state index in [1.807, 2.05) is 24.3 Å². The van der Waals surface area contributed by atoms with E-state index in [0.29, 0.717) is 32.8 Å². The summed E-state index contributed by atoms with van der Waals surface area (Å²) in [7, 11) is 0. The standard InChI is InChI=1S/C19H15Cl2NO2/c20-14-7-8-15(21)18-17(14)13(19(24)22-18)9-16(23)12-5-3-11(4-6-12)10-1-2-10/h3-8,10,13H,1-2,9H2,(H,22,24). The van der Waals surface area contributed by atoms with Crippen molar-refractivity contribution >= 4 is 40.6 Å². The summed E-state index contributed by atoms with van der Waals surface area (Å²) in [6.07, 6.45) is 2.54. The van der Waals surface area contributed by atoms with Gasteiger partial charge >= 0.3 is 0 Å². The lowest BCUT2D eigenvalue weighted by Crippen LogP contribution is -2.16. The van der Waals surface area contributed by atoms with E-state index in [2.05, 4.69) is 5.32 Å². The van der Waals surface area contributed by atoms with Crippen molar-refractivity contribution in [3.05, 3.63) is 63.1 Å². The Bertz CT molecular complexity index is 841. The smallest absolute Gasteiger partial charge is 0.232 e. The lowest BCUT2D eigenvalue weighted by atomic mass is 9.92. The molecule has 0 aromatic heterocycles. The zero-order valence-electron chi connectivity index (χ0n) is 12.8. The van der Waals surface area contributed by atoms with E-state index in [4.69, 9.17) is 23.2 Å². The van der Waals surface area contributed by atoms with Gasteiger partial charge in [-0.1, -0.05) is 47.5 Å². The molecule has 1 amide bonds. The molecule has 1 aliphatic carbocycles. The largest absolute Gasteiger partial charge is 0.324 e. The molecule has 1 heterocycles. The van der Waals surface area contributed by atoms with Crippen molar-refractivity contribution in [2.24, 2.45) is 0 Å². The molecule has 4 rings (SSSR count). The van der Waals surface area contributed by atoms with Crippen LogP contribution in [0.5, 0.6) is 0 Å². The Morgan fingerprint density at radius 3 is 2.38 bits per heavy atom. The highest BCUT2D eigenvalue weighted by atomic mass is 35.5. The predicted octanol–water partition coefficient (Wildman–Crippen LogP) is 5.18. The summed E-state index contributed by atoms with van der Waals surface area (Å²) in [5.41, 5.74) is 3.05. The number of rotatable bonds is 4. The van der Waals surface area contributed by atoms with Crippen molar-refractivity contribution in [2.75, 3.05) is 5.32 Å². The Morgan fingerprint density at radius 1 is 1.04 bits per heavy atom. The number of anilines is 1. The van der Waals surface area contributed by atoms with Gasteiger partial charge in [0.2, 0.25) is 5.91 Å². The van der Waals surface area contributed by atoms with Crippen LogP contribution in [-0.2, 0) is 4.79 Å². The van der Waals surface area contributed by atoms with Gasteiger partial charge in [-0.05, 0) is 36.5 Å². The predicted molar refractivity (Wildman–Crippen MR) is 95.2 cm³/mol. The third-order valence-corrected chi connectivity index (χ3v) is 5.37. The van der Waals surface area contributed by atoms with Gasteiger partial charge in [0.25, 0.3) is 0 Å². The van der Waals surface area contributed by atoms with Crippen LogP contribution in [-0.4, -0.2) is 11.7 Å². The molecule has 1 N–H and O–H groups in total. The molecule has 0 saturated heterocycles. The first-order chi connectivity index (χ1) is 11.5. The molecule has 1 fully saturated rings. The summed E-state index contributed by atoms with van der Waals surface area (Å²) in [5.74, 6) is -0.242. The molecule has 0 bridgehead atoms. The van der Waals surface area contributed by atoms with Gasteiger partial charge in [0.15, 0.2) is 5.78 Å². The van der Waals surface area contributed by atoms with Crippen LogP contribution in [0.1, 0.15) is 52.6 Å². The van der Waals surface area contributed by atoms with Crippen molar-refractivity contribution in [2.45, 2.75) is 31.1 Å². The Morgan fingerprint density at radius 2 is 1.71 bits per heavy atom. The van der Waals surface area contributed by atoms with E-state index in [1.54, 1.807) is 12.1 Å². The van der Waals surface area contributed by atoms with Crippen LogP contribution in [0.4, 0.5) is 5.69 Å². The lowest BCUT2D eigenvalue weighted by molar-refractivity contribution is -0.117. The quantitative estimate of drug-likeness (QED) is 0.764. The number of Topliss-reactive ketones (excluding diaryl/α,β-unsaturated/α-hetero) is 1. The molecule has 1 saturated carbocycles. The van der Waals surface area contributed by atoms with Crippen molar-refractivity contribution < 1.29 is 9.59 Å². The second kappa shape index (κ2) is 5.91.